The fourth-order valence-corrected chi connectivity index (χ4v) is 3.43. The van der Waals surface area contributed by atoms with Crippen LogP contribution in [0, 0.1) is 5.92 Å². The van der Waals surface area contributed by atoms with Crippen LogP contribution in [0.1, 0.15) is 29.6 Å². The summed E-state index contributed by atoms with van der Waals surface area (Å²) in [6.07, 6.45) is 4.97. The molecule has 2 fully saturated rings. The Morgan fingerprint density at radius 3 is 2.83 bits per heavy atom. The van der Waals surface area contributed by atoms with Gasteiger partial charge >= 0.3 is 0 Å². The van der Waals surface area contributed by atoms with Gasteiger partial charge in [-0.25, -0.2) is 0 Å². The topological polar surface area (TPSA) is 63.6 Å². The van der Waals surface area contributed by atoms with E-state index in [1.165, 1.54) is 4.57 Å². The van der Waals surface area contributed by atoms with Gasteiger partial charge in [0.2, 0.25) is 0 Å². The molecule has 2 aliphatic heterocycles. The van der Waals surface area contributed by atoms with Gasteiger partial charge in [-0.1, -0.05) is 0 Å². The summed E-state index contributed by atoms with van der Waals surface area (Å²) in [5, 5.41) is 2.93. The molecule has 0 radical (unpaired) electrons. The minimum absolute atomic E-state index is 0.218. The number of amides is 1. The van der Waals surface area contributed by atoms with Crippen molar-refractivity contribution < 1.29 is 9.53 Å². The molecule has 6 nitrogen and oxygen atoms in total. The first-order valence-electron chi connectivity index (χ1n) is 8.41. The van der Waals surface area contributed by atoms with Crippen molar-refractivity contribution in [1.82, 2.24) is 14.8 Å². The highest BCUT2D eigenvalue weighted by Crippen LogP contribution is 2.21. The minimum Gasteiger partial charge on any atom is -0.380 e. The van der Waals surface area contributed by atoms with E-state index in [2.05, 4.69) is 10.2 Å². The Balaban J connectivity index is 1.47. The highest BCUT2D eigenvalue weighted by atomic mass is 16.5. The second kappa shape index (κ2) is 7.27. The lowest BCUT2D eigenvalue weighted by atomic mass is 9.95. The van der Waals surface area contributed by atoms with Crippen molar-refractivity contribution in [3.8, 4) is 0 Å². The molecule has 0 aromatic carbocycles. The van der Waals surface area contributed by atoms with E-state index in [0.29, 0.717) is 18.5 Å². The molecule has 0 unspecified atom stereocenters. The third-order valence-electron chi connectivity index (χ3n) is 4.99. The number of nitrogens with one attached hydrogen (secondary N) is 1. The molecule has 0 bridgehead atoms. The zero-order valence-corrected chi connectivity index (χ0v) is 13.7. The summed E-state index contributed by atoms with van der Waals surface area (Å²) in [5.41, 5.74) is -0.0309. The maximum atomic E-state index is 12.2. The molecule has 1 N–H and O–H groups in total. The van der Waals surface area contributed by atoms with Crippen molar-refractivity contribution in [3.05, 3.63) is 34.2 Å². The van der Waals surface area contributed by atoms with Crippen LogP contribution in [0.2, 0.25) is 0 Å². The third-order valence-corrected chi connectivity index (χ3v) is 4.99. The molecule has 1 aromatic rings. The Kier molecular flexibility index (Phi) is 5.13. The van der Waals surface area contributed by atoms with Gasteiger partial charge in [0, 0.05) is 32.4 Å². The van der Waals surface area contributed by atoms with E-state index >= 15 is 0 Å². The van der Waals surface area contributed by atoms with Crippen LogP contribution in [0.25, 0.3) is 0 Å². The van der Waals surface area contributed by atoms with Crippen LogP contribution in [0.4, 0.5) is 0 Å². The fourth-order valence-electron chi connectivity index (χ4n) is 3.43. The standard InChI is InChI=1S/C17H25N3O3/c1-19-7-2-3-15(17(19)22)16(21)18-11-13-4-8-20(9-5-13)14-6-10-23-12-14/h2-3,7,13-14H,4-6,8-12H2,1H3,(H,18,21)/t14-/m0/s1. The number of nitrogens with zero attached hydrogens (tertiary/aromatic N) is 2. The van der Waals surface area contributed by atoms with Crippen molar-refractivity contribution in [2.45, 2.75) is 25.3 Å². The predicted octanol–water partition coefficient (Wildman–Crippen LogP) is 0.616. The van der Waals surface area contributed by atoms with Crippen molar-refractivity contribution in [2.24, 2.45) is 13.0 Å². The zero-order valence-electron chi connectivity index (χ0n) is 13.7. The Hall–Kier alpha value is -1.66. The first kappa shape index (κ1) is 16.2. The molecule has 1 atom stereocenters. The maximum absolute atomic E-state index is 12.2. The molecular formula is C17H25N3O3. The Morgan fingerprint density at radius 2 is 2.13 bits per heavy atom. The lowest BCUT2D eigenvalue weighted by molar-refractivity contribution is 0.0909. The summed E-state index contributed by atoms with van der Waals surface area (Å²) in [7, 11) is 1.65. The second-order valence-corrected chi connectivity index (χ2v) is 6.54. The first-order valence-corrected chi connectivity index (χ1v) is 8.41. The van der Waals surface area contributed by atoms with Crippen LogP contribution in [-0.2, 0) is 11.8 Å². The van der Waals surface area contributed by atoms with Crippen LogP contribution < -0.4 is 10.9 Å². The third kappa shape index (κ3) is 3.82. The average molecular weight is 319 g/mol. The van der Waals surface area contributed by atoms with Gasteiger partial charge in [-0.2, -0.15) is 0 Å². The van der Waals surface area contributed by atoms with Crippen molar-refractivity contribution in [1.29, 1.82) is 0 Å². The molecule has 1 aromatic heterocycles. The van der Waals surface area contributed by atoms with Gasteiger partial charge in [0.25, 0.3) is 11.5 Å². The number of pyridine rings is 1. The fraction of sp³-hybridized carbons (Fsp3) is 0.647. The molecule has 23 heavy (non-hydrogen) atoms. The molecule has 0 saturated carbocycles. The molecule has 126 valence electrons. The molecule has 3 rings (SSSR count). The summed E-state index contributed by atoms with van der Waals surface area (Å²) in [4.78, 5) is 26.6. The van der Waals surface area contributed by atoms with Crippen molar-refractivity contribution >= 4 is 5.91 Å². The highest BCUT2D eigenvalue weighted by Gasteiger charge is 2.27. The van der Waals surface area contributed by atoms with Crippen LogP contribution in [0.3, 0.4) is 0 Å². The summed E-state index contributed by atoms with van der Waals surface area (Å²) in [6, 6.07) is 3.89. The van der Waals surface area contributed by atoms with Gasteiger partial charge in [-0.05, 0) is 50.4 Å². The Bertz CT molecular complexity index is 599. The Morgan fingerprint density at radius 1 is 1.35 bits per heavy atom. The number of rotatable bonds is 4. The summed E-state index contributed by atoms with van der Waals surface area (Å²) in [6.45, 7) is 4.53. The van der Waals surface area contributed by atoms with E-state index in [9.17, 15) is 9.59 Å². The average Bonchev–Trinajstić information content (AvgIpc) is 3.10. The van der Waals surface area contributed by atoms with Gasteiger partial charge in [0.05, 0.1) is 6.61 Å². The van der Waals surface area contributed by atoms with E-state index in [-0.39, 0.29) is 17.0 Å². The maximum Gasteiger partial charge on any atom is 0.263 e. The normalized spacial score (nSPS) is 23.1. The monoisotopic (exact) mass is 319 g/mol. The number of ether oxygens (including phenoxy) is 1. The SMILES string of the molecule is Cn1cccc(C(=O)NCC2CCN([C@H]3CCOC3)CC2)c1=O. The van der Waals surface area contributed by atoms with Gasteiger partial charge < -0.3 is 14.6 Å². The van der Waals surface area contributed by atoms with Gasteiger partial charge in [0.1, 0.15) is 5.56 Å². The van der Waals surface area contributed by atoms with Crippen LogP contribution in [-0.4, -0.2) is 54.3 Å². The molecule has 1 amide bonds. The lowest BCUT2D eigenvalue weighted by Crippen LogP contribution is -2.44. The predicted molar refractivity (Wildman–Crippen MR) is 87.5 cm³/mol. The van der Waals surface area contributed by atoms with Crippen LogP contribution in [0.15, 0.2) is 23.1 Å². The highest BCUT2D eigenvalue weighted by molar-refractivity contribution is 5.93. The van der Waals surface area contributed by atoms with Crippen molar-refractivity contribution in [3.63, 3.8) is 0 Å². The van der Waals surface area contributed by atoms with E-state index in [0.717, 1.165) is 45.6 Å². The van der Waals surface area contributed by atoms with Crippen LogP contribution >= 0.6 is 0 Å². The van der Waals surface area contributed by atoms with E-state index in [1.807, 2.05) is 0 Å². The number of hydrogen-bond acceptors (Lipinski definition) is 4. The number of aromatic nitrogens is 1. The number of piperidine rings is 1. The molecule has 0 spiro atoms. The smallest absolute Gasteiger partial charge is 0.263 e. The van der Waals surface area contributed by atoms with Gasteiger partial charge in [-0.3, -0.25) is 14.5 Å². The quantitative estimate of drug-likeness (QED) is 0.883. The number of carbonyl (C=O) groups is 1. The number of likely N-dealkylation sites (tertiary alicyclic amines) is 1. The van der Waals surface area contributed by atoms with Gasteiger partial charge in [-0.15, -0.1) is 0 Å². The number of carbonyl (C=O) groups excluding carboxylic acids is 1. The van der Waals surface area contributed by atoms with E-state index in [4.69, 9.17) is 4.74 Å². The molecule has 6 heteroatoms. The number of hydrogen-bond donors (Lipinski definition) is 1. The van der Waals surface area contributed by atoms with E-state index < -0.39 is 0 Å². The summed E-state index contributed by atoms with van der Waals surface area (Å²) >= 11 is 0. The second-order valence-electron chi connectivity index (χ2n) is 6.54. The van der Waals surface area contributed by atoms with Crippen molar-refractivity contribution in [2.75, 3.05) is 32.8 Å². The first-order chi connectivity index (χ1) is 11.1. The van der Waals surface area contributed by atoms with Crippen LogP contribution in [0.5, 0.6) is 0 Å². The van der Waals surface area contributed by atoms with E-state index in [1.54, 1.807) is 25.4 Å². The zero-order chi connectivity index (χ0) is 16.2. The largest absolute Gasteiger partial charge is 0.380 e. The number of aryl methyl sites for hydroxylation is 1. The molecule has 3 heterocycles. The van der Waals surface area contributed by atoms with Gasteiger partial charge in [0.15, 0.2) is 0 Å². The summed E-state index contributed by atoms with van der Waals surface area (Å²) in [5.74, 6) is 0.225. The molecule has 0 aliphatic carbocycles. The summed E-state index contributed by atoms with van der Waals surface area (Å²) < 4.78 is 6.88. The molecule has 2 saturated heterocycles. The Labute approximate surface area is 136 Å². The minimum atomic E-state index is -0.266. The lowest BCUT2D eigenvalue weighted by Gasteiger charge is -2.35. The molecular weight excluding hydrogens is 294 g/mol. The molecule has 2 aliphatic rings.